The number of carbonyl (C=O) groups is 1. The zero-order chi connectivity index (χ0) is 8.27. The van der Waals surface area contributed by atoms with E-state index in [4.69, 9.17) is 11.7 Å². The summed E-state index contributed by atoms with van der Waals surface area (Å²) in [6.45, 7) is 5.03. The van der Waals surface area contributed by atoms with E-state index in [0.29, 0.717) is 5.56 Å². The molecule has 0 bridgehead atoms. The third kappa shape index (κ3) is 1.80. The van der Waals surface area contributed by atoms with Gasteiger partial charge in [-0.2, -0.15) is 0 Å². The molecule has 0 saturated heterocycles. The smallest absolute Gasteiger partial charge is 0.167 e. The van der Waals surface area contributed by atoms with Crippen molar-refractivity contribution in [3.05, 3.63) is 36.8 Å². The van der Waals surface area contributed by atoms with Crippen LogP contribution in [0.4, 0.5) is 0 Å². The lowest BCUT2D eigenvalue weighted by Gasteiger charge is -1.98. The number of Topliss-reactive ketones (excluding diaryl/α,β-unsaturated/α-hetero) is 1. The van der Waals surface area contributed by atoms with E-state index in [1.807, 2.05) is 0 Å². The molecule has 0 amide bonds. The molecule has 56 valence electrons. The van der Waals surface area contributed by atoms with Crippen molar-refractivity contribution in [3.8, 4) is 5.75 Å². The second-order valence-electron chi connectivity index (χ2n) is 2.09. The molecule has 11 heavy (non-hydrogen) atoms. The molecule has 0 aliphatic heterocycles. The summed E-state index contributed by atoms with van der Waals surface area (Å²) in [6, 6.07) is 6.64. The van der Waals surface area contributed by atoms with Crippen LogP contribution in [-0.4, -0.2) is 12.9 Å². The van der Waals surface area contributed by atoms with E-state index in [0.717, 1.165) is 5.75 Å². The Morgan fingerprint density at radius 3 is 2.27 bits per heavy atom. The molecular formula is C9H8O2. The Morgan fingerprint density at radius 2 is 1.91 bits per heavy atom. The minimum Gasteiger partial charge on any atom is -0.497 e. The molecule has 1 aromatic carbocycles. The summed E-state index contributed by atoms with van der Waals surface area (Å²) in [6.07, 6.45) is 0. The van der Waals surface area contributed by atoms with Gasteiger partial charge >= 0.3 is 0 Å². The van der Waals surface area contributed by atoms with Crippen molar-refractivity contribution in [2.45, 2.75) is 0 Å². The Hall–Kier alpha value is -1.31. The minimum absolute atomic E-state index is 0.423. The van der Waals surface area contributed by atoms with E-state index in [1.165, 1.54) is 0 Å². The van der Waals surface area contributed by atoms with Gasteiger partial charge in [-0.3, -0.25) is 4.79 Å². The molecular weight excluding hydrogens is 140 g/mol. The second-order valence-corrected chi connectivity index (χ2v) is 2.09. The number of hydrogen-bond acceptors (Lipinski definition) is 2. The maximum Gasteiger partial charge on any atom is 0.167 e. The summed E-state index contributed by atoms with van der Waals surface area (Å²) in [7, 11) is 1.57. The third-order valence-electron chi connectivity index (χ3n) is 1.37. The van der Waals surface area contributed by atoms with Gasteiger partial charge in [-0.15, -0.1) is 0 Å². The van der Waals surface area contributed by atoms with Crippen LogP contribution in [0.3, 0.4) is 0 Å². The van der Waals surface area contributed by atoms with Gasteiger partial charge in [-0.05, 0) is 24.3 Å². The first-order valence-corrected chi connectivity index (χ1v) is 3.18. The molecule has 0 atom stereocenters. The fourth-order valence-corrected chi connectivity index (χ4v) is 0.755. The molecule has 0 fully saturated rings. The zero-order valence-electron chi connectivity index (χ0n) is 6.20. The average Bonchev–Trinajstić information content (AvgIpc) is 2.05. The Balaban J connectivity index is 2.91. The molecule has 1 aromatic rings. The molecule has 0 heterocycles. The van der Waals surface area contributed by atoms with Crippen molar-refractivity contribution in [1.29, 1.82) is 0 Å². The molecule has 0 unspecified atom stereocenters. The van der Waals surface area contributed by atoms with E-state index in [1.54, 1.807) is 31.4 Å². The van der Waals surface area contributed by atoms with Crippen molar-refractivity contribution < 1.29 is 9.53 Å². The number of benzene rings is 1. The van der Waals surface area contributed by atoms with Gasteiger partial charge in [-0.25, -0.2) is 0 Å². The topological polar surface area (TPSA) is 26.3 Å². The van der Waals surface area contributed by atoms with Crippen LogP contribution in [0.1, 0.15) is 10.4 Å². The summed E-state index contributed by atoms with van der Waals surface area (Å²) >= 11 is 0. The standard InChI is InChI=1S/C9H8O2/c1-7(10)8-3-5-9(11-2)6-4-8/h1,3-6H,2H3. The van der Waals surface area contributed by atoms with Crippen molar-refractivity contribution in [3.63, 3.8) is 0 Å². The molecule has 0 aromatic heterocycles. The number of hydrogen-bond donors (Lipinski definition) is 0. The molecule has 0 aliphatic rings. The van der Waals surface area contributed by atoms with Crippen molar-refractivity contribution in [2.24, 2.45) is 0 Å². The number of rotatable bonds is 2. The summed E-state index contributed by atoms with van der Waals surface area (Å²) < 4.78 is 4.90. The second kappa shape index (κ2) is 3.19. The minimum atomic E-state index is -0.423. The monoisotopic (exact) mass is 148 g/mol. The Kier molecular flexibility index (Phi) is 2.26. The summed E-state index contributed by atoms with van der Waals surface area (Å²) in [5.41, 5.74) is 0.491. The Bertz CT molecular complexity index is 249. The molecule has 2 nitrogen and oxygen atoms in total. The van der Waals surface area contributed by atoms with Gasteiger partial charge in [0.1, 0.15) is 5.75 Å². The fraction of sp³-hybridized carbons (Fsp3) is 0.111. The van der Waals surface area contributed by atoms with Crippen LogP contribution in [0.25, 0.3) is 0 Å². The summed E-state index contributed by atoms with van der Waals surface area (Å²) in [4.78, 5) is 10.6. The van der Waals surface area contributed by atoms with Crippen LogP contribution < -0.4 is 4.74 Å². The highest BCUT2D eigenvalue weighted by Crippen LogP contribution is 2.10. The van der Waals surface area contributed by atoms with Crippen LogP contribution in [0.2, 0.25) is 0 Å². The van der Waals surface area contributed by atoms with E-state index < -0.39 is 5.78 Å². The summed E-state index contributed by atoms with van der Waals surface area (Å²) in [5.74, 6) is 0.294. The Labute approximate surface area is 65.8 Å². The van der Waals surface area contributed by atoms with E-state index >= 15 is 0 Å². The first-order valence-electron chi connectivity index (χ1n) is 3.18. The summed E-state index contributed by atoms with van der Waals surface area (Å²) in [5, 5.41) is 0. The lowest BCUT2D eigenvalue weighted by atomic mass is 10.1. The highest BCUT2D eigenvalue weighted by atomic mass is 16.5. The van der Waals surface area contributed by atoms with Crippen LogP contribution in [-0.2, 0) is 0 Å². The quantitative estimate of drug-likeness (QED) is 0.595. The van der Waals surface area contributed by atoms with E-state index in [-0.39, 0.29) is 0 Å². The van der Waals surface area contributed by atoms with Gasteiger partial charge in [-0.1, -0.05) is 0 Å². The molecule has 2 radical (unpaired) electrons. The number of methoxy groups -OCH3 is 1. The van der Waals surface area contributed by atoms with Crippen molar-refractivity contribution in [1.82, 2.24) is 0 Å². The van der Waals surface area contributed by atoms with Gasteiger partial charge in [0.05, 0.1) is 7.11 Å². The third-order valence-corrected chi connectivity index (χ3v) is 1.37. The van der Waals surface area contributed by atoms with Crippen molar-refractivity contribution >= 4 is 5.78 Å². The van der Waals surface area contributed by atoms with Gasteiger partial charge in [0.25, 0.3) is 0 Å². The lowest BCUT2D eigenvalue weighted by Crippen LogP contribution is -1.91. The maximum absolute atomic E-state index is 10.6. The lowest BCUT2D eigenvalue weighted by molar-refractivity contribution is 0.104. The zero-order valence-corrected chi connectivity index (χ0v) is 6.20. The van der Waals surface area contributed by atoms with E-state index in [9.17, 15) is 4.79 Å². The first-order chi connectivity index (χ1) is 5.24. The van der Waals surface area contributed by atoms with Gasteiger partial charge in [0, 0.05) is 12.5 Å². The first kappa shape index (κ1) is 7.79. The molecule has 0 spiro atoms. The molecule has 0 saturated carbocycles. The maximum atomic E-state index is 10.6. The normalized spacial score (nSPS) is 9.27. The number of ether oxygens (including phenoxy) is 1. The Morgan fingerprint density at radius 1 is 1.36 bits per heavy atom. The highest BCUT2D eigenvalue weighted by Gasteiger charge is 1.97. The van der Waals surface area contributed by atoms with Crippen LogP contribution in [0.15, 0.2) is 24.3 Å². The van der Waals surface area contributed by atoms with Crippen LogP contribution >= 0.6 is 0 Å². The average molecular weight is 148 g/mol. The molecule has 0 aliphatic carbocycles. The van der Waals surface area contributed by atoms with Gasteiger partial charge in [0.15, 0.2) is 5.78 Å². The number of ketones is 1. The SMILES string of the molecule is [CH]C(=O)c1ccc(OC)cc1. The molecule has 0 N–H and O–H groups in total. The van der Waals surface area contributed by atoms with Gasteiger partial charge < -0.3 is 4.74 Å². The molecule has 2 heteroatoms. The molecule has 1 rings (SSSR count). The number of carbonyl (C=O) groups excluding carboxylic acids is 1. The highest BCUT2D eigenvalue weighted by molar-refractivity contribution is 5.99. The van der Waals surface area contributed by atoms with Crippen LogP contribution in [0.5, 0.6) is 5.75 Å². The fourth-order valence-electron chi connectivity index (χ4n) is 0.755. The predicted octanol–water partition coefficient (Wildman–Crippen LogP) is 1.59. The predicted molar refractivity (Wildman–Crippen MR) is 41.6 cm³/mol. The van der Waals surface area contributed by atoms with Gasteiger partial charge in [0.2, 0.25) is 0 Å². The van der Waals surface area contributed by atoms with Crippen LogP contribution in [0, 0.1) is 6.92 Å². The van der Waals surface area contributed by atoms with Crippen molar-refractivity contribution in [2.75, 3.05) is 7.11 Å². The largest absolute Gasteiger partial charge is 0.497 e. The van der Waals surface area contributed by atoms with E-state index in [2.05, 4.69) is 0 Å².